The number of nitrogens with zero attached hydrogens (tertiary/aromatic N) is 2. The van der Waals surface area contributed by atoms with Crippen molar-refractivity contribution < 1.29 is 0 Å². The lowest BCUT2D eigenvalue weighted by Gasteiger charge is -2.17. The highest BCUT2D eigenvalue weighted by Gasteiger charge is 2.17. The number of hydrogen-bond donors (Lipinski definition) is 0. The molecule has 0 N–H and O–H groups in total. The molecule has 13 rings (SSSR count). The highest BCUT2D eigenvalue weighted by atomic mass is 32.1. The summed E-state index contributed by atoms with van der Waals surface area (Å²) in [6.07, 6.45) is 0. The first kappa shape index (κ1) is 34.2. The lowest BCUT2D eigenvalue weighted by molar-refractivity contribution is 1.18. The van der Waals surface area contributed by atoms with Crippen LogP contribution in [0, 0.1) is 0 Å². The molecule has 61 heavy (non-hydrogen) atoms. The Balaban J connectivity index is 0.955. The molecule has 11 aromatic carbocycles. The number of benzene rings is 10. The molecule has 3 heteroatoms. The third-order valence-corrected chi connectivity index (χ3v) is 13.8. The summed E-state index contributed by atoms with van der Waals surface area (Å²) in [6.45, 7) is 0. The molecule has 0 bridgehead atoms. The lowest BCUT2D eigenvalue weighted by atomic mass is 9.86. The zero-order chi connectivity index (χ0) is 40.0. The summed E-state index contributed by atoms with van der Waals surface area (Å²) >= 11 is 1.83. The quantitative estimate of drug-likeness (QED) is 0.162. The van der Waals surface area contributed by atoms with Gasteiger partial charge in [-0.1, -0.05) is 176 Å². The molecule has 0 aliphatic heterocycles. The van der Waals surface area contributed by atoms with E-state index in [4.69, 9.17) is 9.97 Å². The number of hydrogen-bond acceptors (Lipinski definition) is 3. The maximum absolute atomic E-state index is 5.16. The van der Waals surface area contributed by atoms with Crippen LogP contribution in [0.5, 0.6) is 0 Å². The fourth-order valence-electron chi connectivity index (χ4n) is 9.67. The van der Waals surface area contributed by atoms with Crippen molar-refractivity contribution in [3.63, 3.8) is 0 Å². The van der Waals surface area contributed by atoms with E-state index in [1.54, 1.807) is 0 Å². The van der Waals surface area contributed by atoms with Crippen molar-refractivity contribution in [2.45, 2.75) is 0 Å². The maximum atomic E-state index is 5.16. The second-order valence-corrected chi connectivity index (χ2v) is 17.2. The topological polar surface area (TPSA) is 25.8 Å². The molecule has 2 aromatic heterocycles. The van der Waals surface area contributed by atoms with E-state index in [0.717, 1.165) is 33.6 Å². The van der Waals surface area contributed by atoms with Crippen molar-refractivity contribution >= 4 is 86.1 Å². The van der Waals surface area contributed by atoms with Gasteiger partial charge in [0.05, 0.1) is 11.4 Å². The summed E-state index contributed by atoms with van der Waals surface area (Å²) in [5.74, 6) is 0.712. The molecule has 0 amide bonds. The van der Waals surface area contributed by atoms with Crippen molar-refractivity contribution in [1.82, 2.24) is 9.97 Å². The van der Waals surface area contributed by atoms with Crippen LogP contribution >= 0.6 is 11.3 Å². The van der Waals surface area contributed by atoms with Crippen LogP contribution < -0.4 is 0 Å². The predicted molar refractivity (Wildman–Crippen MR) is 261 cm³/mol. The van der Waals surface area contributed by atoms with Gasteiger partial charge in [0, 0.05) is 26.3 Å². The minimum absolute atomic E-state index is 0.712. The fourth-order valence-corrected chi connectivity index (χ4v) is 10.7. The van der Waals surface area contributed by atoms with Gasteiger partial charge in [0.15, 0.2) is 5.82 Å². The molecule has 13 aromatic rings. The van der Waals surface area contributed by atoms with Crippen LogP contribution in [0.3, 0.4) is 0 Å². The maximum Gasteiger partial charge on any atom is 0.160 e. The SMILES string of the molecule is c1ccc(-c2nc(-c3ccc(-c4cc5ccc6cccc7c8cccc9ccc%10cccc(c(c4)c5c67)c%10c98)cc3)cc(-c3ccc(-c4cc5ccccc5s4)cc3)n2)cc1. The zero-order valence-corrected chi connectivity index (χ0v) is 33.7. The van der Waals surface area contributed by atoms with E-state index in [1.807, 2.05) is 29.5 Å². The Morgan fingerprint density at radius 2 is 0.770 bits per heavy atom. The van der Waals surface area contributed by atoms with Gasteiger partial charge in [0.2, 0.25) is 0 Å². The first-order valence-corrected chi connectivity index (χ1v) is 21.6. The Morgan fingerprint density at radius 3 is 1.38 bits per heavy atom. The van der Waals surface area contributed by atoms with Crippen molar-refractivity contribution in [3.8, 4) is 55.5 Å². The van der Waals surface area contributed by atoms with Gasteiger partial charge in [-0.3, -0.25) is 0 Å². The van der Waals surface area contributed by atoms with E-state index < -0.39 is 0 Å². The molecule has 0 saturated carbocycles. The summed E-state index contributed by atoms with van der Waals surface area (Å²) < 4.78 is 1.30. The average Bonchev–Trinajstić information content (AvgIpc) is 3.77. The van der Waals surface area contributed by atoms with Gasteiger partial charge in [-0.15, -0.1) is 11.3 Å². The minimum atomic E-state index is 0.712. The number of aromatic nitrogens is 2. The first-order chi connectivity index (χ1) is 30.2. The zero-order valence-electron chi connectivity index (χ0n) is 32.9. The van der Waals surface area contributed by atoms with E-state index >= 15 is 0 Å². The van der Waals surface area contributed by atoms with Crippen LogP contribution in [0.25, 0.3) is 130 Å². The second-order valence-electron chi connectivity index (χ2n) is 16.1. The Kier molecular flexibility index (Phi) is 7.51. The molecule has 2 heterocycles. The predicted octanol–water partition coefficient (Wildman–Crippen LogP) is 16.4. The molecule has 282 valence electrons. The summed E-state index contributed by atoms with van der Waals surface area (Å²) in [4.78, 5) is 11.6. The highest BCUT2D eigenvalue weighted by molar-refractivity contribution is 7.22. The summed E-state index contributed by atoms with van der Waals surface area (Å²) in [5.41, 5.74) is 8.45. The monoisotopic (exact) mass is 790 g/mol. The van der Waals surface area contributed by atoms with Gasteiger partial charge in [-0.05, 0) is 117 Å². The van der Waals surface area contributed by atoms with Crippen molar-refractivity contribution in [3.05, 3.63) is 206 Å². The standard InChI is InChI=1S/C58H34N2S/c1-2-9-42(10-3-1)58-59-50(34-51(60-58)37-23-25-38(26-24-37)53-33-43-11-4-5-18-52(43)61-53)36-21-19-35(20-22-36)45-31-44-30-29-41-13-7-16-47-46-15-6-12-39-27-28-40-14-8-17-48(56(40)54(39)46)49(32-45)57(44)55(41)47/h1-34H. The summed E-state index contributed by atoms with van der Waals surface area (Å²) in [7, 11) is 0. The van der Waals surface area contributed by atoms with Gasteiger partial charge < -0.3 is 0 Å². The van der Waals surface area contributed by atoms with E-state index in [2.05, 4.69) is 188 Å². The Hall–Kier alpha value is -7.72. The van der Waals surface area contributed by atoms with Crippen molar-refractivity contribution in [2.24, 2.45) is 0 Å². The second kappa shape index (κ2) is 13.4. The van der Waals surface area contributed by atoms with Crippen LogP contribution in [-0.2, 0) is 0 Å². The van der Waals surface area contributed by atoms with Gasteiger partial charge >= 0.3 is 0 Å². The van der Waals surface area contributed by atoms with E-state index in [1.165, 1.54) is 90.7 Å². The molecular formula is C58H34N2S. The Labute approximate surface area is 356 Å². The van der Waals surface area contributed by atoms with E-state index in [0.29, 0.717) is 5.82 Å². The minimum Gasteiger partial charge on any atom is -0.228 e. The highest BCUT2D eigenvalue weighted by Crippen LogP contribution is 2.45. The average molecular weight is 791 g/mol. The van der Waals surface area contributed by atoms with E-state index in [-0.39, 0.29) is 0 Å². The molecule has 0 spiro atoms. The largest absolute Gasteiger partial charge is 0.228 e. The molecule has 2 nitrogen and oxygen atoms in total. The summed E-state index contributed by atoms with van der Waals surface area (Å²) in [5, 5.41) is 16.7. The Morgan fingerprint density at radius 1 is 0.279 bits per heavy atom. The van der Waals surface area contributed by atoms with Crippen LogP contribution in [0.4, 0.5) is 0 Å². The fraction of sp³-hybridized carbons (Fsp3) is 0. The molecular weight excluding hydrogens is 757 g/mol. The summed E-state index contributed by atoms with van der Waals surface area (Å²) in [6, 6.07) is 75.3. The lowest BCUT2D eigenvalue weighted by Crippen LogP contribution is -1.96. The van der Waals surface area contributed by atoms with Gasteiger partial charge in [-0.25, -0.2) is 9.97 Å². The molecule has 0 saturated heterocycles. The van der Waals surface area contributed by atoms with Gasteiger partial charge in [0.25, 0.3) is 0 Å². The number of fused-ring (bicyclic) bond motifs is 3. The molecule has 0 atom stereocenters. The molecule has 0 fully saturated rings. The molecule has 0 aliphatic carbocycles. The number of rotatable bonds is 5. The molecule has 0 radical (unpaired) electrons. The van der Waals surface area contributed by atoms with Crippen LogP contribution in [0.15, 0.2) is 206 Å². The van der Waals surface area contributed by atoms with Crippen LogP contribution in [0.1, 0.15) is 0 Å². The van der Waals surface area contributed by atoms with Crippen molar-refractivity contribution in [2.75, 3.05) is 0 Å². The smallest absolute Gasteiger partial charge is 0.160 e. The first-order valence-electron chi connectivity index (χ1n) is 20.8. The van der Waals surface area contributed by atoms with E-state index in [9.17, 15) is 0 Å². The molecule has 0 aliphatic rings. The normalized spacial score (nSPS) is 11.9. The Bertz CT molecular complexity index is 3810. The molecule has 0 unspecified atom stereocenters. The van der Waals surface area contributed by atoms with Crippen LogP contribution in [0.2, 0.25) is 0 Å². The van der Waals surface area contributed by atoms with Gasteiger partial charge in [0.1, 0.15) is 0 Å². The third-order valence-electron chi connectivity index (χ3n) is 12.6. The van der Waals surface area contributed by atoms with Crippen LogP contribution in [-0.4, -0.2) is 9.97 Å². The van der Waals surface area contributed by atoms with Gasteiger partial charge in [-0.2, -0.15) is 0 Å². The number of thiophene rings is 1. The third kappa shape index (κ3) is 5.48. The van der Waals surface area contributed by atoms with Crippen molar-refractivity contribution in [1.29, 1.82) is 0 Å².